The van der Waals surface area contributed by atoms with Gasteiger partial charge < -0.3 is 15.2 Å². The number of benzene rings is 3. The van der Waals surface area contributed by atoms with Crippen molar-refractivity contribution < 1.29 is 9.59 Å². The lowest BCUT2D eigenvalue weighted by atomic mass is 10.1. The molecular formula is C27H25Cl2N3O2S. The third-order valence-corrected chi connectivity index (χ3v) is 7.18. The Bertz CT molecular complexity index is 1400. The third-order valence-electron chi connectivity index (χ3n) is 5.59. The molecule has 0 fully saturated rings. The first kappa shape index (κ1) is 25.2. The summed E-state index contributed by atoms with van der Waals surface area (Å²) in [6.45, 7) is 4.99. The highest BCUT2D eigenvalue weighted by Gasteiger charge is 2.13. The van der Waals surface area contributed by atoms with Crippen LogP contribution in [0.4, 0.5) is 5.69 Å². The summed E-state index contributed by atoms with van der Waals surface area (Å²) in [6.07, 6.45) is 2.03. The maximum absolute atomic E-state index is 12.6. The Morgan fingerprint density at radius 2 is 1.80 bits per heavy atom. The number of nitrogens with zero attached hydrogens (tertiary/aromatic N) is 1. The van der Waals surface area contributed by atoms with Crippen LogP contribution in [-0.2, 0) is 11.3 Å². The number of carbonyl (C=O) groups is 2. The molecule has 35 heavy (non-hydrogen) atoms. The Kier molecular flexibility index (Phi) is 8.06. The van der Waals surface area contributed by atoms with Crippen molar-refractivity contribution in [3.63, 3.8) is 0 Å². The zero-order valence-electron chi connectivity index (χ0n) is 19.4. The number of nitrogens with one attached hydrogen (secondary N) is 2. The van der Waals surface area contributed by atoms with Crippen molar-refractivity contribution in [2.24, 2.45) is 0 Å². The standard InChI is InChI=1S/C27H25Cl2N3O2S/c1-17-7-8-18(2)23(13-17)31-26(33)16-35-25-15-32(24-6-4-3-5-21(24)25)12-11-30-27(34)20-10-9-19(28)14-22(20)29/h3-10,13-15H,11-12,16H2,1-2H3,(H,30,34)(H,31,33). The Morgan fingerprint density at radius 1 is 1.00 bits per heavy atom. The van der Waals surface area contributed by atoms with E-state index in [1.54, 1.807) is 18.2 Å². The maximum atomic E-state index is 12.6. The number of thioether (sulfide) groups is 1. The summed E-state index contributed by atoms with van der Waals surface area (Å²) in [5.74, 6) is 0.00110. The molecule has 2 N–H and O–H groups in total. The van der Waals surface area contributed by atoms with Crippen molar-refractivity contribution in [3.05, 3.63) is 93.6 Å². The highest BCUT2D eigenvalue weighted by atomic mass is 35.5. The number of amides is 2. The van der Waals surface area contributed by atoms with Crippen molar-refractivity contribution in [1.29, 1.82) is 0 Å². The molecule has 4 aromatic rings. The van der Waals surface area contributed by atoms with E-state index < -0.39 is 0 Å². The van der Waals surface area contributed by atoms with Gasteiger partial charge in [-0.3, -0.25) is 9.59 Å². The van der Waals surface area contributed by atoms with E-state index in [-0.39, 0.29) is 11.8 Å². The van der Waals surface area contributed by atoms with Gasteiger partial charge in [0.1, 0.15) is 0 Å². The minimum Gasteiger partial charge on any atom is -0.350 e. The van der Waals surface area contributed by atoms with Crippen molar-refractivity contribution in [1.82, 2.24) is 9.88 Å². The third kappa shape index (κ3) is 6.20. The second-order valence-electron chi connectivity index (χ2n) is 8.24. The van der Waals surface area contributed by atoms with Crippen LogP contribution in [0, 0.1) is 13.8 Å². The van der Waals surface area contributed by atoms with E-state index in [1.165, 1.54) is 11.8 Å². The molecule has 0 aliphatic rings. The Balaban J connectivity index is 1.40. The zero-order valence-corrected chi connectivity index (χ0v) is 21.7. The predicted molar refractivity (Wildman–Crippen MR) is 146 cm³/mol. The number of aromatic nitrogens is 1. The maximum Gasteiger partial charge on any atom is 0.252 e. The number of hydrogen-bond acceptors (Lipinski definition) is 3. The molecule has 0 radical (unpaired) electrons. The summed E-state index contributed by atoms with van der Waals surface area (Å²) in [4.78, 5) is 26.1. The van der Waals surface area contributed by atoms with Crippen molar-refractivity contribution >= 4 is 63.4 Å². The number of para-hydroxylation sites is 1. The number of anilines is 1. The van der Waals surface area contributed by atoms with Gasteiger partial charge in [-0.25, -0.2) is 0 Å². The van der Waals surface area contributed by atoms with E-state index in [1.807, 2.05) is 62.5 Å². The largest absolute Gasteiger partial charge is 0.350 e. The van der Waals surface area contributed by atoms with Gasteiger partial charge in [-0.1, -0.05) is 53.5 Å². The molecule has 1 aromatic heterocycles. The van der Waals surface area contributed by atoms with Gasteiger partial charge in [0.15, 0.2) is 0 Å². The van der Waals surface area contributed by atoms with Crippen LogP contribution in [0.2, 0.25) is 10.0 Å². The van der Waals surface area contributed by atoms with Gasteiger partial charge >= 0.3 is 0 Å². The van der Waals surface area contributed by atoms with Crippen LogP contribution in [0.1, 0.15) is 21.5 Å². The van der Waals surface area contributed by atoms with E-state index in [0.717, 1.165) is 32.6 Å². The number of carbonyl (C=O) groups excluding carboxylic acids is 2. The van der Waals surface area contributed by atoms with Crippen LogP contribution in [0.3, 0.4) is 0 Å². The smallest absolute Gasteiger partial charge is 0.252 e. The first-order valence-corrected chi connectivity index (χ1v) is 12.9. The Hall–Kier alpha value is -2.93. The van der Waals surface area contributed by atoms with E-state index in [9.17, 15) is 9.59 Å². The molecular weight excluding hydrogens is 501 g/mol. The van der Waals surface area contributed by atoms with Crippen molar-refractivity contribution in [2.75, 3.05) is 17.6 Å². The van der Waals surface area contributed by atoms with Crippen LogP contribution in [0.5, 0.6) is 0 Å². The van der Waals surface area contributed by atoms with Gasteiger partial charge in [0, 0.05) is 45.8 Å². The number of fused-ring (bicyclic) bond motifs is 1. The van der Waals surface area contributed by atoms with Gasteiger partial charge in [0.2, 0.25) is 5.91 Å². The average Bonchev–Trinajstić information content (AvgIpc) is 3.18. The molecule has 0 aliphatic heterocycles. The lowest BCUT2D eigenvalue weighted by Crippen LogP contribution is -2.27. The SMILES string of the molecule is Cc1ccc(C)c(NC(=O)CSc2cn(CCNC(=O)c3ccc(Cl)cc3Cl)c3ccccc23)c1. The van der Waals surface area contributed by atoms with Crippen LogP contribution in [0.15, 0.2) is 71.8 Å². The number of rotatable bonds is 8. The number of hydrogen-bond donors (Lipinski definition) is 2. The molecule has 0 unspecified atom stereocenters. The minimum atomic E-state index is -0.249. The van der Waals surface area contributed by atoms with Crippen molar-refractivity contribution in [3.8, 4) is 0 Å². The second kappa shape index (κ2) is 11.2. The molecule has 0 atom stereocenters. The highest BCUT2D eigenvalue weighted by Crippen LogP contribution is 2.30. The lowest BCUT2D eigenvalue weighted by molar-refractivity contribution is -0.113. The fourth-order valence-electron chi connectivity index (χ4n) is 3.77. The molecule has 0 bridgehead atoms. The summed E-state index contributed by atoms with van der Waals surface area (Å²) in [6, 6.07) is 18.9. The molecule has 0 saturated carbocycles. The second-order valence-corrected chi connectivity index (χ2v) is 10.1. The average molecular weight is 526 g/mol. The monoisotopic (exact) mass is 525 g/mol. The Morgan fingerprint density at radius 3 is 2.60 bits per heavy atom. The molecule has 3 aromatic carbocycles. The van der Waals surface area contributed by atoms with Crippen LogP contribution in [-0.4, -0.2) is 28.7 Å². The molecule has 2 amide bonds. The van der Waals surface area contributed by atoms with Crippen molar-refractivity contribution in [2.45, 2.75) is 25.3 Å². The number of halogens is 2. The minimum absolute atomic E-state index is 0.0485. The van der Waals surface area contributed by atoms with Gasteiger partial charge in [-0.2, -0.15) is 0 Å². The highest BCUT2D eigenvalue weighted by molar-refractivity contribution is 8.00. The normalized spacial score (nSPS) is 11.0. The van der Waals surface area contributed by atoms with E-state index in [4.69, 9.17) is 23.2 Å². The van der Waals surface area contributed by atoms with Gasteiger partial charge in [-0.05, 0) is 55.3 Å². The summed E-state index contributed by atoms with van der Waals surface area (Å²) in [7, 11) is 0. The molecule has 8 heteroatoms. The summed E-state index contributed by atoms with van der Waals surface area (Å²) < 4.78 is 2.09. The molecule has 0 spiro atoms. The molecule has 5 nitrogen and oxygen atoms in total. The van der Waals surface area contributed by atoms with Gasteiger partial charge in [0.25, 0.3) is 5.91 Å². The molecule has 180 valence electrons. The molecule has 0 saturated heterocycles. The fourth-order valence-corrected chi connectivity index (χ4v) is 5.15. The van der Waals surface area contributed by atoms with Crippen LogP contribution >= 0.6 is 35.0 Å². The summed E-state index contributed by atoms with van der Waals surface area (Å²) >= 11 is 13.6. The van der Waals surface area contributed by atoms with Crippen LogP contribution < -0.4 is 10.6 Å². The first-order chi connectivity index (χ1) is 16.8. The lowest BCUT2D eigenvalue weighted by Gasteiger charge is -2.09. The van der Waals surface area contributed by atoms with Crippen LogP contribution in [0.25, 0.3) is 10.9 Å². The molecule has 4 rings (SSSR count). The molecule has 1 heterocycles. The Labute approximate surface area is 218 Å². The zero-order chi connectivity index (χ0) is 24.9. The molecule has 0 aliphatic carbocycles. The van der Waals surface area contributed by atoms with E-state index in [2.05, 4.69) is 15.2 Å². The topological polar surface area (TPSA) is 63.1 Å². The summed E-state index contributed by atoms with van der Waals surface area (Å²) in [5.41, 5.74) is 4.41. The van der Waals surface area contributed by atoms with E-state index in [0.29, 0.717) is 34.5 Å². The fraction of sp³-hybridized carbons (Fsp3) is 0.185. The van der Waals surface area contributed by atoms with E-state index >= 15 is 0 Å². The number of aryl methyl sites for hydroxylation is 2. The quantitative estimate of drug-likeness (QED) is 0.251. The summed E-state index contributed by atoms with van der Waals surface area (Å²) in [5, 5.41) is 7.80. The predicted octanol–water partition coefficient (Wildman–Crippen LogP) is 6.73. The first-order valence-electron chi connectivity index (χ1n) is 11.1. The van der Waals surface area contributed by atoms with Gasteiger partial charge in [-0.15, -0.1) is 11.8 Å². The van der Waals surface area contributed by atoms with Gasteiger partial charge in [0.05, 0.1) is 16.3 Å².